The van der Waals surface area contributed by atoms with Gasteiger partial charge in [0.25, 0.3) is 0 Å². The van der Waals surface area contributed by atoms with Gasteiger partial charge in [-0.15, -0.1) is 0 Å². The highest BCUT2D eigenvalue weighted by molar-refractivity contribution is 7.84. The molecule has 0 saturated carbocycles. The van der Waals surface area contributed by atoms with Crippen molar-refractivity contribution in [2.24, 2.45) is 0 Å². The van der Waals surface area contributed by atoms with Gasteiger partial charge in [0.05, 0.1) is 19.8 Å². The molecule has 6 saturated heterocycles. The van der Waals surface area contributed by atoms with E-state index < -0.39 is 315 Å². The fourth-order valence-corrected chi connectivity index (χ4v) is 14.6. The van der Waals surface area contributed by atoms with Crippen molar-refractivity contribution in [3.8, 4) is 0 Å². The van der Waals surface area contributed by atoms with Crippen LogP contribution in [-0.2, 0) is 185 Å². The number of aliphatic hydroxyl groups is 8. The summed E-state index contributed by atoms with van der Waals surface area (Å²) in [6.07, 6.45) is -82.5. The average molecular weight is 1750 g/mol. The molecule has 6 fully saturated rings. The number of aliphatic hydroxyl groups excluding tert-OH is 8. The number of carboxylic acids is 3. The molecular formula is C36H59N3O58S9. The van der Waals surface area contributed by atoms with E-state index in [2.05, 4.69) is 29.8 Å². The highest BCUT2D eigenvalue weighted by Crippen LogP contribution is 2.40. The van der Waals surface area contributed by atoms with Crippen molar-refractivity contribution in [3.05, 3.63) is 0 Å². The summed E-state index contributed by atoms with van der Waals surface area (Å²) < 4.78 is 390. The summed E-state index contributed by atoms with van der Waals surface area (Å²) in [5.74, 6) is -7.43. The molecule has 0 aliphatic carbocycles. The molecule has 6 aliphatic rings. The number of rotatable bonds is 34. The molecule has 0 radical (unpaired) electrons. The van der Waals surface area contributed by atoms with Crippen LogP contribution >= 0.6 is 0 Å². The average Bonchev–Trinajstić information content (AvgIpc) is 0.761. The smallest absolute Gasteiger partial charge is 0.397 e. The van der Waals surface area contributed by atoms with Crippen LogP contribution in [0.5, 0.6) is 0 Å². The van der Waals surface area contributed by atoms with Crippen molar-refractivity contribution in [1.29, 1.82) is 0 Å². The first kappa shape index (κ1) is 91.4. The quantitative estimate of drug-likeness (QED) is 0.0266. The first-order valence-corrected chi connectivity index (χ1v) is 39.8. The van der Waals surface area contributed by atoms with E-state index in [4.69, 9.17) is 51.9 Å². The molecule has 0 bridgehead atoms. The van der Waals surface area contributed by atoms with Crippen molar-refractivity contribution in [3.63, 3.8) is 0 Å². The zero-order valence-corrected chi connectivity index (χ0v) is 57.9. The van der Waals surface area contributed by atoms with E-state index in [0.29, 0.717) is 0 Å². The van der Waals surface area contributed by atoms with Crippen molar-refractivity contribution in [1.82, 2.24) is 14.2 Å². The summed E-state index contributed by atoms with van der Waals surface area (Å²) in [6.45, 7) is -5.54. The van der Waals surface area contributed by atoms with Crippen LogP contribution in [0, 0.1) is 0 Å². The minimum atomic E-state index is -6.34. The third-order valence-electron chi connectivity index (χ3n) is 14.5. The summed E-state index contributed by atoms with van der Waals surface area (Å²) >= 11 is 0. The van der Waals surface area contributed by atoms with E-state index >= 15 is 0 Å². The molecule has 0 aromatic carbocycles. The van der Waals surface area contributed by atoms with E-state index in [1.54, 1.807) is 0 Å². The number of nitrogens with one attached hydrogen (secondary N) is 3. The van der Waals surface area contributed by atoms with Gasteiger partial charge in [0.2, 0.25) is 0 Å². The molecule has 0 unspecified atom stereocenters. The molecule has 0 aromatic heterocycles. The van der Waals surface area contributed by atoms with Crippen LogP contribution in [-0.4, -0.2) is 395 Å². The van der Waals surface area contributed by atoms with E-state index in [1.807, 2.05) is 0 Å². The molecule has 0 spiro atoms. The molecule has 0 amide bonds. The van der Waals surface area contributed by atoms with Crippen LogP contribution in [0.1, 0.15) is 0 Å². The zero-order chi connectivity index (χ0) is 80.8. The van der Waals surface area contributed by atoms with E-state index in [9.17, 15) is 183 Å². The Morgan fingerprint density at radius 3 is 0.821 bits per heavy atom. The van der Waals surface area contributed by atoms with Crippen molar-refractivity contribution < 1.29 is 264 Å². The Kier molecular flexibility index (Phi) is 29.7. The number of ether oxygens (including phenoxy) is 11. The van der Waals surface area contributed by atoms with Gasteiger partial charge in [-0.3, -0.25) is 41.0 Å². The molecule has 0 aromatic rings. The molecule has 70 heteroatoms. The SMILES string of the molecule is O=C(O)[C@@H]1O[C@@H](O[C@H]2[C@H](O)[C@@H](NS(=O)(=O)O)[C@@H](O[C@H]3[C@H](O)[C@@H](OS(=O)(=O)O)[C@H](O)O[C@H]3C(=O)O)O[C@@H]2COS(=O)(=O)O)[C@@H](OS(=O)(=O)O)[C@@H](O)[C@@H]1O[C@H]1O[C@H](COS(=O)(=O)O)[C@@H](O[C@@H]2O[C@@H](C(=O)O)[C@@H](O[C@H]3O[C@H](COS(=O)(=O)O)[C@@H](O)[C@H](O)[C@H]3NS(=O)(=O)O)[C@H](O)[C@H]2OS(=O)(=O)O)[C@H](O)[C@H]1NS(=O)(=O)O. The Balaban J connectivity index is 1.41. The predicted octanol–water partition coefficient (Wildman–Crippen LogP) is -16.7. The van der Waals surface area contributed by atoms with Gasteiger partial charge in [0, 0.05) is 0 Å². The van der Waals surface area contributed by atoms with Crippen molar-refractivity contribution in [2.45, 2.75) is 184 Å². The second kappa shape index (κ2) is 34.4. The van der Waals surface area contributed by atoms with Gasteiger partial charge in [-0.25, -0.2) is 39.5 Å². The molecular weight excluding hydrogens is 1690 g/mol. The normalized spacial score (nSPS) is 39.4. The van der Waals surface area contributed by atoms with Gasteiger partial charge >= 0.3 is 111 Å². The third-order valence-corrected chi connectivity index (χ3v) is 18.9. The molecule has 6 heterocycles. The first-order valence-electron chi connectivity index (χ1n) is 27.3. The Morgan fingerprint density at radius 2 is 0.538 bits per heavy atom. The lowest BCUT2D eigenvalue weighted by Crippen LogP contribution is -2.71. The maximum Gasteiger partial charge on any atom is 0.397 e. The van der Waals surface area contributed by atoms with Crippen LogP contribution in [0.3, 0.4) is 0 Å². The zero-order valence-electron chi connectivity index (χ0n) is 50.6. The lowest BCUT2D eigenvalue weighted by Gasteiger charge is -2.50. The highest BCUT2D eigenvalue weighted by atomic mass is 32.3. The fraction of sp³-hybridized carbons (Fsp3) is 0.917. The number of hydrogen-bond donors (Lipinski definition) is 23. The monoisotopic (exact) mass is 1750 g/mol. The predicted molar refractivity (Wildman–Crippen MR) is 301 cm³/mol. The molecule has 106 heavy (non-hydrogen) atoms. The molecule has 6 rings (SSSR count). The Morgan fingerprint density at radius 1 is 0.283 bits per heavy atom. The van der Waals surface area contributed by atoms with Crippen molar-refractivity contribution >= 4 is 111 Å². The van der Waals surface area contributed by atoms with Gasteiger partial charge in [0.1, 0.15) is 110 Å². The number of hydrogen-bond acceptors (Lipinski definition) is 46. The molecule has 30 atom stereocenters. The summed E-state index contributed by atoms with van der Waals surface area (Å²) in [6, 6.07) is -8.88. The van der Waals surface area contributed by atoms with E-state index in [1.165, 1.54) is 4.72 Å². The van der Waals surface area contributed by atoms with Crippen LogP contribution in [0.2, 0.25) is 0 Å². The lowest BCUT2D eigenvalue weighted by molar-refractivity contribution is -0.375. The second-order valence-corrected chi connectivity index (χ2v) is 31.8. The largest absolute Gasteiger partial charge is 0.479 e. The van der Waals surface area contributed by atoms with Crippen LogP contribution < -0.4 is 14.2 Å². The molecule has 620 valence electrons. The Labute approximate surface area is 591 Å². The van der Waals surface area contributed by atoms with Crippen LogP contribution in [0.25, 0.3) is 0 Å². The summed E-state index contributed by atoms with van der Waals surface area (Å²) in [7, 11) is -53.5. The number of carbonyl (C=O) groups is 3. The highest BCUT2D eigenvalue weighted by Gasteiger charge is 2.62. The Bertz CT molecular complexity index is 4190. The van der Waals surface area contributed by atoms with E-state index in [-0.39, 0.29) is 0 Å². The van der Waals surface area contributed by atoms with E-state index in [0.717, 1.165) is 9.44 Å². The number of carboxylic acid groups (broad SMARTS) is 3. The second-order valence-electron chi connectivity index (χ2n) is 21.8. The van der Waals surface area contributed by atoms with Gasteiger partial charge in [-0.1, -0.05) is 0 Å². The van der Waals surface area contributed by atoms with Gasteiger partial charge < -0.3 is 108 Å². The van der Waals surface area contributed by atoms with Gasteiger partial charge in [-0.05, 0) is 0 Å². The Hall–Kier alpha value is -3.52. The number of aliphatic carboxylic acids is 3. The fourth-order valence-electron chi connectivity index (χ4n) is 10.5. The maximum atomic E-state index is 13.2. The van der Waals surface area contributed by atoms with Gasteiger partial charge in [-0.2, -0.15) is 89.9 Å². The topological polar surface area (TPSA) is 956 Å². The minimum Gasteiger partial charge on any atom is -0.479 e. The molecule has 6 aliphatic heterocycles. The van der Waals surface area contributed by atoms with Gasteiger partial charge in [0.15, 0.2) is 74.4 Å². The standard InChI is InChI=1S/C36H59N3O58S9/c40-10-4(1-81-101(63,64)65)84-32(7(11(10)41)37-98(54,55)56)91-20-15(45)23(96-105(75,76)77)35(93-26(20)29(49)50)89-18-6(3-83-103(69,70)71)86-34(9(13(18)43)39-100(60,61)62)92-21-16(46)24(97-106(78,79)80)36(94-27(21)30(51)52)88-17-5(2-82-102(66,67)68)85-33(8(12(17)42)38-99(57,58)59)90-19-14(44)22(95-104(72,73)74)31(53)87-25(19)28(47)48/h4-27,31-46,53H,1-3H2,(H,47,48)(H,49,50)(H,51,52)(H,54,55,56)(H,57,58,59)(H,60,61,62)(H,63,64,65)(H,66,67,68)(H,69,70,71)(H,72,73,74)(H,75,76,77)(H,78,79,80)/t4-,5-,6-,7-,8-,9-,10-,11-,12-,13-,14+,15+,16+,17-,18-,19+,20+,21+,22-,23-,24+,25-,26-,27-,31-,32-,33-,34-,35-,36-/m1/s1. The van der Waals surface area contributed by atoms with Crippen molar-refractivity contribution in [2.75, 3.05) is 19.8 Å². The summed E-state index contributed by atoms with van der Waals surface area (Å²) in [5, 5.41) is 121. The molecule has 23 N–H and O–H groups in total. The lowest BCUT2D eigenvalue weighted by atomic mass is 9.94. The summed E-state index contributed by atoms with van der Waals surface area (Å²) in [5.41, 5.74) is 0. The van der Waals surface area contributed by atoms with Crippen LogP contribution in [0.4, 0.5) is 0 Å². The summed E-state index contributed by atoms with van der Waals surface area (Å²) in [4.78, 5) is 38.4. The molecule has 61 nitrogen and oxygen atoms in total. The van der Waals surface area contributed by atoms with Crippen LogP contribution in [0.15, 0.2) is 0 Å². The maximum absolute atomic E-state index is 13.2. The first-order chi connectivity index (χ1) is 47.9. The third kappa shape index (κ3) is 25.8. The minimum absolute atomic E-state index is 1.11.